The van der Waals surface area contributed by atoms with Crippen LogP contribution in [0, 0.1) is 0 Å². The first kappa shape index (κ1) is 11.5. The van der Waals surface area contributed by atoms with Crippen LogP contribution in [0.15, 0.2) is 0 Å². The quantitative estimate of drug-likeness (QED) is 0.787. The molecule has 1 aliphatic carbocycles. The molecule has 0 spiro atoms. The molecule has 3 fully saturated rings. The Morgan fingerprint density at radius 1 is 1.18 bits per heavy atom. The number of carbonyl (C=O) groups is 1. The highest BCUT2D eigenvalue weighted by Gasteiger charge is 2.45. The van der Waals surface area contributed by atoms with Gasteiger partial charge in [0, 0.05) is 19.0 Å². The largest absolute Gasteiger partial charge is 0.338 e. The van der Waals surface area contributed by atoms with Crippen LogP contribution in [0.1, 0.15) is 38.5 Å². The molecule has 0 radical (unpaired) electrons. The van der Waals surface area contributed by atoms with Gasteiger partial charge in [-0.3, -0.25) is 4.79 Å². The van der Waals surface area contributed by atoms with E-state index < -0.39 is 10.0 Å². The van der Waals surface area contributed by atoms with Crippen LogP contribution in [0.25, 0.3) is 0 Å². The summed E-state index contributed by atoms with van der Waals surface area (Å²) >= 11 is 0. The number of carbonyl (C=O) groups excluding carboxylic acids is 1. The highest BCUT2D eigenvalue weighted by Crippen LogP contribution is 2.32. The van der Waals surface area contributed by atoms with Crippen molar-refractivity contribution in [2.45, 2.75) is 55.9 Å². The fourth-order valence-corrected chi connectivity index (χ4v) is 4.54. The molecule has 17 heavy (non-hydrogen) atoms. The van der Waals surface area contributed by atoms with E-state index in [2.05, 4.69) is 4.72 Å². The summed E-state index contributed by atoms with van der Waals surface area (Å²) in [5.41, 5.74) is 0. The second kappa shape index (κ2) is 3.95. The number of nitrogens with zero attached hydrogens (tertiary/aromatic N) is 1. The molecule has 0 aromatic rings. The molecule has 0 aromatic heterocycles. The smallest absolute Gasteiger partial charge is 0.224 e. The maximum Gasteiger partial charge on any atom is 0.224 e. The summed E-state index contributed by atoms with van der Waals surface area (Å²) in [6.07, 6.45) is 4.95. The monoisotopic (exact) mass is 258 g/mol. The summed E-state index contributed by atoms with van der Waals surface area (Å²) in [5.74, 6) is 0.109. The average Bonchev–Trinajstić information content (AvgIpc) is 3.08. The van der Waals surface area contributed by atoms with E-state index in [1.807, 2.05) is 4.90 Å². The van der Waals surface area contributed by atoms with Gasteiger partial charge < -0.3 is 4.90 Å². The number of hydrogen-bond donors (Lipinski definition) is 1. The van der Waals surface area contributed by atoms with E-state index in [0.717, 1.165) is 38.6 Å². The van der Waals surface area contributed by atoms with Crippen molar-refractivity contribution in [2.24, 2.45) is 0 Å². The third kappa shape index (κ3) is 2.08. The molecule has 1 saturated carbocycles. The van der Waals surface area contributed by atoms with Gasteiger partial charge in [-0.25, -0.2) is 13.1 Å². The number of piperidine rings is 1. The van der Waals surface area contributed by atoms with Crippen LogP contribution >= 0.6 is 0 Å². The van der Waals surface area contributed by atoms with Gasteiger partial charge in [-0.05, 0) is 32.1 Å². The standard InChI is InChI=1S/C11H18N2O3S/c14-11-7-9(10-3-1-2-6-13(10)11)12-17(15,16)8-4-5-8/h8-10,12H,1-7H2/t9-,10+/m1/s1. The number of sulfonamides is 1. The van der Waals surface area contributed by atoms with Gasteiger partial charge in [-0.15, -0.1) is 0 Å². The molecule has 96 valence electrons. The lowest BCUT2D eigenvalue weighted by Crippen LogP contribution is -2.47. The normalized spacial score (nSPS) is 33.9. The summed E-state index contributed by atoms with van der Waals surface area (Å²) in [5, 5.41) is -0.199. The van der Waals surface area contributed by atoms with Gasteiger partial charge in [0.25, 0.3) is 0 Å². The Labute approximate surface area is 102 Å². The first-order valence-electron chi connectivity index (χ1n) is 6.38. The average molecular weight is 258 g/mol. The molecular formula is C11H18N2O3S. The summed E-state index contributed by atoms with van der Waals surface area (Å²) < 4.78 is 26.5. The van der Waals surface area contributed by atoms with Crippen molar-refractivity contribution in [3.05, 3.63) is 0 Å². The fraction of sp³-hybridized carbons (Fsp3) is 0.909. The summed E-state index contributed by atoms with van der Waals surface area (Å²) in [4.78, 5) is 13.6. The molecule has 2 atom stereocenters. The molecule has 0 bridgehead atoms. The van der Waals surface area contributed by atoms with E-state index in [0.29, 0.717) is 6.42 Å². The highest BCUT2D eigenvalue weighted by molar-refractivity contribution is 7.90. The van der Waals surface area contributed by atoms with Crippen LogP contribution < -0.4 is 4.72 Å². The van der Waals surface area contributed by atoms with E-state index in [9.17, 15) is 13.2 Å². The van der Waals surface area contributed by atoms with Gasteiger partial charge in [0.1, 0.15) is 0 Å². The van der Waals surface area contributed by atoms with Crippen LogP contribution in [0.5, 0.6) is 0 Å². The SMILES string of the molecule is O=C1C[C@@H](NS(=O)(=O)C2CC2)[C@@H]2CCCCN12. The summed E-state index contributed by atoms with van der Waals surface area (Å²) in [6.45, 7) is 0.797. The Hall–Kier alpha value is -0.620. The number of rotatable bonds is 3. The minimum Gasteiger partial charge on any atom is -0.338 e. The van der Waals surface area contributed by atoms with E-state index >= 15 is 0 Å². The first-order chi connectivity index (χ1) is 8.08. The van der Waals surface area contributed by atoms with E-state index in [-0.39, 0.29) is 23.2 Å². The van der Waals surface area contributed by atoms with Crippen molar-refractivity contribution in [1.29, 1.82) is 0 Å². The lowest BCUT2D eigenvalue weighted by atomic mass is 10.00. The Balaban J connectivity index is 1.73. The summed E-state index contributed by atoms with van der Waals surface area (Å²) in [6, 6.07) is -0.0850. The topological polar surface area (TPSA) is 66.5 Å². The van der Waals surface area contributed by atoms with E-state index in [4.69, 9.17) is 0 Å². The molecule has 3 rings (SSSR count). The molecule has 1 N–H and O–H groups in total. The van der Waals surface area contributed by atoms with Crippen LogP contribution in [0.3, 0.4) is 0 Å². The van der Waals surface area contributed by atoms with Crippen molar-refractivity contribution in [3.8, 4) is 0 Å². The first-order valence-corrected chi connectivity index (χ1v) is 7.93. The van der Waals surface area contributed by atoms with Crippen molar-refractivity contribution in [3.63, 3.8) is 0 Å². The molecule has 3 aliphatic rings. The Kier molecular flexibility index (Phi) is 2.66. The van der Waals surface area contributed by atoms with Gasteiger partial charge in [0.15, 0.2) is 0 Å². The Morgan fingerprint density at radius 3 is 2.65 bits per heavy atom. The maximum atomic E-state index is 11.9. The lowest BCUT2D eigenvalue weighted by Gasteiger charge is -2.32. The molecule has 2 heterocycles. The van der Waals surface area contributed by atoms with Crippen LogP contribution in [0.2, 0.25) is 0 Å². The van der Waals surface area contributed by atoms with Crippen molar-refractivity contribution in [1.82, 2.24) is 9.62 Å². The zero-order valence-corrected chi connectivity index (χ0v) is 10.6. The predicted octanol–water partition coefficient (Wildman–Crippen LogP) is 0.222. The molecule has 1 amide bonds. The zero-order valence-electron chi connectivity index (χ0n) is 9.76. The van der Waals surface area contributed by atoms with E-state index in [1.54, 1.807) is 0 Å². The van der Waals surface area contributed by atoms with Gasteiger partial charge in [-0.2, -0.15) is 0 Å². The minimum atomic E-state index is -3.17. The second-order valence-corrected chi connectivity index (χ2v) is 7.32. The molecule has 0 aromatic carbocycles. The van der Waals surface area contributed by atoms with Gasteiger partial charge in [0.05, 0.1) is 11.3 Å². The molecule has 5 nitrogen and oxygen atoms in total. The van der Waals surface area contributed by atoms with Crippen LogP contribution in [0.4, 0.5) is 0 Å². The van der Waals surface area contributed by atoms with Crippen LogP contribution in [-0.4, -0.2) is 43.1 Å². The molecule has 6 heteroatoms. The summed E-state index contributed by atoms with van der Waals surface area (Å²) in [7, 11) is -3.17. The molecule has 2 saturated heterocycles. The lowest BCUT2D eigenvalue weighted by molar-refractivity contribution is -0.129. The van der Waals surface area contributed by atoms with Gasteiger partial charge in [-0.1, -0.05) is 0 Å². The predicted molar refractivity (Wildman–Crippen MR) is 62.8 cm³/mol. The fourth-order valence-electron chi connectivity index (χ4n) is 2.93. The maximum absolute atomic E-state index is 11.9. The number of amides is 1. The number of fused-ring (bicyclic) bond motifs is 1. The van der Waals surface area contributed by atoms with E-state index in [1.165, 1.54) is 0 Å². The molecule has 0 unspecified atom stereocenters. The Bertz CT molecular complexity index is 430. The number of nitrogens with one attached hydrogen (secondary N) is 1. The Morgan fingerprint density at radius 2 is 1.94 bits per heavy atom. The third-order valence-electron chi connectivity index (χ3n) is 4.01. The van der Waals surface area contributed by atoms with Gasteiger partial charge >= 0.3 is 0 Å². The third-order valence-corrected chi connectivity index (χ3v) is 5.99. The highest BCUT2D eigenvalue weighted by atomic mass is 32.2. The minimum absolute atomic E-state index is 0.102. The van der Waals surface area contributed by atoms with Crippen LogP contribution in [-0.2, 0) is 14.8 Å². The molecular weight excluding hydrogens is 240 g/mol. The second-order valence-electron chi connectivity index (χ2n) is 5.32. The van der Waals surface area contributed by atoms with Crippen molar-refractivity contribution >= 4 is 15.9 Å². The van der Waals surface area contributed by atoms with Crippen molar-refractivity contribution < 1.29 is 13.2 Å². The zero-order chi connectivity index (χ0) is 12.0. The van der Waals surface area contributed by atoms with Gasteiger partial charge in [0.2, 0.25) is 15.9 Å². The number of hydrogen-bond acceptors (Lipinski definition) is 3. The molecule has 2 aliphatic heterocycles. The van der Waals surface area contributed by atoms with Crippen molar-refractivity contribution in [2.75, 3.05) is 6.54 Å².